The third kappa shape index (κ3) is 3.82. The van der Waals surface area contributed by atoms with Crippen LogP contribution >= 0.6 is 0 Å². The summed E-state index contributed by atoms with van der Waals surface area (Å²) in [7, 11) is 1.70. The molecule has 0 unspecified atom stereocenters. The second-order valence-corrected chi connectivity index (χ2v) is 4.50. The van der Waals surface area contributed by atoms with Gasteiger partial charge in [-0.05, 0) is 26.8 Å². The Hall–Kier alpha value is -1.98. The molecule has 1 aromatic heterocycles. The first-order valence-electron chi connectivity index (χ1n) is 5.25. The zero-order valence-corrected chi connectivity index (χ0v) is 10.5. The molecule has 0 atom stereocenters. The Morgan fingerprint density at radius 3 is 2.65 bits per heavy atom. The number of nitrogens with zero attached hydrogens (tertiary/aromatic N) is 1. The van der Waals surface area contributed by atoms with E-state index >= 15 is 0 Å². The smallest absolute Gasteiger partial charge is 0.412 e. The van der Waals surface area contributed by atoms with Crippen LogP contribution in [-0.4, -0.2) is 23.7 Å². The van der Waals surface area contributed by atoms with Gasteiger partial charge in [-0.15, -0.1) is 0 Å². The number of nitrogens with two attached hydrogens (primary N) is 1. The van der Waals surface area contributed by atoms with Crippen molar-refractivity contribution in [3.63, 3.8) is 0 Å². The second kappa shape index (κ2) is 4.90. The Morgan fingerprint density at radius 2 is 2.12 bits per heavy atom. The molecule has 1 aromatic rings. The summed E-state index contributed by atoms with van der Waals surface area (Å²) < 4.78 is 5.12. The maximum absolute atomic E-state index is 11.6. The van der Waals surface area contributed by atoms with Crippen LogP contribution in [0, 0.1) is 0 Å². The van der Waals surface area contributed by atoms with Crippen LogP contribution in [0.25, 0.3) is 0 Å². The van der Waals surface area contributed by atoms with Crippen LogP contribution in [0.5, 0.6) is 0 Å². The van der Waals surface area contributed by atoms with Crippen molar-refractivity contribution < 1.29 is 9.53 Å². The van der Waals surface area contributed by atoms with Crippen LogP contribution in [0.4, 0.5) is 22.0 Å². The molecule has 0 saturated carbocycles. The molecule has 17 heavy (non-hydrogen) atoms. The van der Waals surface area contributed by atoms with Gasteiger partial charge in [-0.3, -0.25) is 5.32 Å². The number of carbonyl (C=O) groups excluding carboxylic acids is 1. The number of hydrogen-bond acceptors (Lipinski definition) is 5. The lowest BCUT2D eigenvalue weighted by Crippen LogP contribution is -2.27. The Bertz CT molecular complexity index is 412. The van der Waals surface area contributed by atoms with Gasteiger partial charge in [0.15, 0.2) is 5.82 Å². The quantitative estimate of drug-likeness (QED) is 0.733. The van der Waals surface area contributed by atoms with E-state index in [0.717, 1.165) is 0 Å². The highest BCUT2D eigenvalue weighted by molar-refractivity contribution is 5.91. The van der Waals surface area contributed by atoms with E-state index in [1.807, 2.05) is 0 Å². The van der Waals surface area contributed by atoms with Crippen molar-refractivity contribution in [2.75, 3.05) is 23.4 Å². The number of aromatic nitrogens is 1. The molecule has 6 heteroatoms. The minimum absolute atomic E-state index is 0.376. The van der Waals surface area contributed by atoms with Crippen molar-refractivity contribution in [2.45, 2.75) is 26.4 Å². The molecule has 0 aliphatic carbocycles. The first-order chi connectivity index (χ1) is 7.83. The van der Waals surface area contributed by atoms with Crippen LogP contribution in [0.2, 0.25) is 0 Å². The molecule has 0 saturated heterocycles. The average Bonchev–Trinajstić information content (AvgIpc) is 2.18. The number of nitrogens with one attached hydrogen (secondary N) is 2. The predicted octanol–water partition coefficient (Wildman–Crippen LogP) is 2.05. The summed E-state index contributed by atoms with van der Waals surface area (Å²) >= 11 is 0. The third-order valence-electron chi connectivity index (χ3n) is 1.86. The fourth-order valence-corrected chi connectivity index (χ4v) is 1.20. The zero-order chi connectivity index (χ0) is 13.1. The summed E-state index contributed by atoms with van der Waals surface area (Å²) in [5.74, 6) is 0.513. The van der Waals surface area contributed by atoms with Crippen LogP contribution in [0.3, 0.4) is 0 Å². The van der Waals surface area contributed by atoms with Crippen molar-refractivity contribution in [1.29, 1.82) is 0 Å². The van der Waals surface area contributed by atoms with Crippen LogP contribution < -0.4 is 16.4 Å². The summed E-state index contributed by atoms with van der Waals surface area (Å²) in [6, 6.07) is 1.61. The monoisotopic (exact) mass is 238 g/mol. The largest absolute Gasteiger partial charge is 0.444 e. The van der Waals surface area contributed by atoms with Gasteiger partial charge in [0, 0.05) is 13.2 Å². The molecule has 0 fully saturated rings. The van der Waals surface area contributed by atoms with E-state index in [9.17, 15) is 4.79 Å². The molecular weight excluding hydrogens is 220 g/mol. The summed E-state index contributed by atoms with van der Waals surface area (Å²) in [6.07, 6.45) is 1.01. The topological polar surface area (TPSA) is 89.3 Å². The highest BCUT2D eigenvalue weighted by Gasteiger charge is 2.17. The molecule has 0 aliphatic rings. The van der Waals surface area contributed by atoms with Crippen molar-refractivity contribution in [3.8, 4) is 0 Å². The number of anilines is 3. The van der Waals surface area contributed by atoms with Crippen molar-refractivity contribution >= 4 is 23.3 Å². The fraction of sp³-hybridized carbons (Fsp3) is 0.455. The second-order valence-electron chi connectivity index (χ2n) is 4.50. The number of ether oxygens (including phenoxy) is 1. The Balaban J connectivity index is 2.79. The van der Waals surface area contributed by atoms with Crippen LogP contribution in [-0.2, 0) is 4.74 Å². The Morgan fingerprint density at radius 1 is 1.47 bits per heavy atom. The molecule has 0 bridgehead atoms. The van der Waals surface area contributed by atoms with Gasteiger partial charge < -0.3 is 15.8 Å². The first kappa shape index (κ1) is 13.1. The first-order valence-corrected chi connectivity index (χ1v) is 5.25. The molecule has 94 valence electrons. The van der Waals surface area contributed by atoms with Crippen LogP contribution in [0.1, 0.15) is 20.8 Å². The number of amides is 1. The number of nitrogen functional groups attached to an aromatic ring is 1. The van der Waals surface area contributed by atoms with Gasteiger partial charge in [0.1, 0.15) is 5.60 Å². The maximum Gasteiger partial charge on any atom is 0.412 e. The third-order valence-corrected chi connectivity index (χ3v) is 1.86. The molecular formula is C11H18N4O2. The number of rotatable bonds is 2. The van der Waals surface area contributed by atoms with E-state index in [4.69, 9.17) is 10.5 Å². The molecule has 0 aliphatic heterocycles. The van der Waals surface area contributed by atoms with Gasteiger partial charge in [0.2, 0.25) is 0 Å². The summed E-state index contributed by atoms with van der Waals surface area (Å²) in [5.41, 5.74) is 6.11. The highest BCUT2D eigenvalue weighted by atomic mass is 16.6. The number of pyridine rings is 1. The fourth-order valence-electron chi connectivity index (χ4n) is 1.20. The lowest BCUT2D eigenvalue weighted by atomic mass is 10.2. The van der Waals surface area contributed by atoms with E-state index in [0.29, 0.717) is 17.2 Å². The minimum atomic E-state index is -0.544. The van der Waals surface area contributed by atoms with E-state index in [-0.39, 0.29) is 0 Å². The summed E-state index contributed by atoms with van der Waals surface area (Å²) in [6.45, 7) is 5.38. The van der Waals surface area contributed by atoms with E-state index < -0.39 is 11.7 Å². The molecule has 0 aromatic carbocycles. The van der Waals surface area contributed by atoms with Crippen molar-refractivity contribution in [1.82, 2.24) is 4.98 Å². The van der Waals surface area contributed by atoms with E-state index in [1.165, 1.54) is 0 Å². The number of hydrogen-bond donors (Lipinski definition) is 3. The molecule has 6 nitrogen and oxygen atoms in total. The molecule has 4 N–H and O–H groups in total. The molecule has 1 amide bonds. The molecule has 1 heterocycles. The molecule has 0 radical (unpaired) electrons. The van der Waals surface area contributed by atoms with Gasteiger partial charge in [0.05, 0.1) is 11.4 Å². The van der Waals surface area contributed by atoms with E-state index in [1.54, 1.807) is 40.1 Å². The summed E-state index contributed by atoms with van der Waals surface area (Å²) in [4.78, 5) is 15.6. The van der Waals surface area contributed by atoms with Gasteiger partial charge >= 0.3 is 6.09 Å². The predicted molar refractivity (Wildman–Crippen MR) is 68.1 cm³/mol. The normalized spacial score (nSPS) is 10.8. The Labute approximate surface area is 101 Å². The highest BCUT2D eigenvalue weighted by Crippen LogP contribution is 2.24. The standard InChI is InChI=1S/C11H18N4O2/c1-11(2,3)17-10(16)15-7-5-6-14-9(13-4)8(7)12/h5-6H,12H2,1-4H3,(H2,13,14,15,16). The average molecular weight is 238 g/mol. The zero-order valence-electron chi connectivity index (χ0n) is 10.5. The van der Waals surface area contributed by atoms with E-state index in [2.05, 4.69) is 15.6 Å². The molecule has 1 rings (SSSR count). The van der Waals surface area contributed by atoms with Crippen LogP contribution in [0.15, 0.2) is 12.3 Å². The van der Waals surface area contributed by atoms with Gasteiger partial charge in [-0.2, -0.15) is 0 Å². The minimum Gasteiger partial charge on any atom is -0.444 e. The lowest BCUT2D eigenvalue weighted by molar-refractivity contribution is 0.0636. The number of carbonyl (C=O) groups is 1. The molecule has 0 spiro atoms. The SMILES string of the molecule is CNc1nccc(NC(=O)OC(C)(C)C)c1N. The van der Waals surface area contributed by atoms with Crippen molar-refractivity contribution in [3.05, 3.63) is 12.3 Å². The summed E-state index contributed by atoms with van der Waals surface area (Å²) in [5, 5.41) is 5.40. The van der Waals surface area contributed by atoms with Gasteiger partial charge in [0.25, 0.3) is 0 Å². The van der Waals surface area contributed by atoms with Gasteiger partial charge in [-0.1, -0.05) is 0 Å². The maximum atomic E-state index is 11.6. The van der Waals surface area contributed by atoms with Crippen molar-refractivity contribution in [2.24, 2.45) is 0 Å². The lowest BCUT2D eigenvalue weighted by Gasteiger charge is -2.20. The Kier molecular flexibility index (Phi) is 3.77. The van der Waals surface area contributed by atoms with Gasteiger partial charge in [-0.25, -0.2) is 9.78 Å².